The van der Waals surface area contributed by atoms with E-state index in [1.54, 1.807) is 0 Å². The number of aryl methyl sites for hydroxylation is 1. The van der Waals surface area contributed by atoms with E-state index < -0.39 is 0 Å². The van der Waals surface area contributed by atoms with Gasteiger partial charge in [-0.25, -0.2) is 0 Å². The fourth-order valence-corrected chi connectivity index (χ4v) is 2.79. The standard InChI is InChI=1S/C17H25N3/c1-3-4-17(13-18)20-11-9-19(10-12-20)14-16-7-5-15(2)6-8-16/h5-8,17H,3-4,9-12,14H2,1-2H3. The quantitative estimate of drug-likeness (QED) is 0.825. The zero-order valence-corrected chi connectivity index (χ0v) is 12.7. The second-order valence-corrected chi connectivity index (χ2v) is 5.73. The first-order chi connectivity index (χ1) is 9.72. The fraction of sp³-hybridized carbons (Fsp3) is 0.588. The van der Waals surface area contributed by atoms with Gasteiger partial charge in [0.2, 0.25) is 0 Å². The van der Waals surface area contributed by atoms with Crippen LogP contribution in [-0.2, 0) is 6.54 Å². The minimum atomic E-state index is 0.113. The summed E-state index contributed by atoms with van der Waals surface area (Å²) in [6, 6.07) is 11.4. The first kappa shape index (κ1) is 15.0. The van der Waals surface area contributed by atoms with Crippen molar-refractivity contribution in [3.05, 3.63) is 35.4 Å². The average molecular weight is 271 g/mol. The molecule has 3 nitrogen and oxygen atoms in total. The van der Waals surface area contributed by atoms with Gasteiger partial charge in [0.15, 0.2) is 0 Å². The van der Waals surface area contributed by atoms with E-state index >= 15 is 0 Å². The maximum absolute atomic E-state index is 9.23. The maximum Gasteiger partial charge on any atom is 0.0978 e. The Hall–Kier alpha value is -1.37. The summed E-state index contributed by atoms with van der Waals surface area (Å²) in [5.74, 6) is 0. The Morgan fingerprint density at radius 3 is 2.35 bits per heavy atom. The Balaban J connectivity index is 1.82. The molecule has 1 heterocycles. The number of nitrogens with zero attached hydrogens (tertiary/aromatic N) is 3. The predicted molar refractivity (Wildman–Crippen MR) is 82.3 cm³/mol. The second-order valence-electron chi connectivity index (χ2n) is 5.73. The Kier molecular flexibility index (Phi) is 5.58. The van der Waals surface area contributed by atoms with Crippen LogP contribution in [0, 0.1) is 18.3 Å². The Morgan fingerprint density at radius 1 is 1.15 bits per heavy atom. The van der Waals surface area contributed by atoms with Gasteiger partial charge < -0.3 is 0 Å². The second kappa shape index (κ2) is 7.42. The lowest BCUT2D eigenvalue weighted by Crippen LogP contribution is -2.49. The van der Waals surface area contributed by atoms with E-state index in [2.05, 4.69) is 54.0 Å². The highest BCUT2D eigenvalue weighted by atomic mass is 15.3. The smallest absolute Gasteiger partial charge is 0.0978 e. The van der Waals surface area contributed by atoms with Crippen molar-refractivity contribution in [2.75, 3.05) is 26.2 Å². The van der Waals surface area contributed by atoms with Crippen LogP contribution >= 0.6 is 0 Å². The summed E-state index contributed by atoms with van der Waals surface area (Å²) < 4.78 is 0. The van der Waals surface area contributed by atoms with E-state index in [-0.39, 0.29) is 6.04 Å². The summed E-state index contributed by atoms with van der Waals surface area (Å²) >= 11 is 0. The van der Waals surface area contributed by atoms with Gasteiger partial charge in [-0.3, -0.25) is 9.80 Å². The minimum absolute atomic E-state index is 0.113. The number of hydrogen-bond donors (Lipinski definition) is 0. The van der Waals surface area contributed by atoms with Gasteiger partial charge in [0.1, 0.15) is 0 Å². The SMILES string of the molecule is CCCC(C#N)N1CCN(Cc2ccc(C)cc2)CC1. The summed E-state index contributed by atoms with van der Waals surface area (Å²) in [6.07, 6.45) is 2.08. The molecule has 0 bridgehead atoms. The van der Waals surface area contributed by atoms with Crippen LogP contribution in [0.3, 0.4) is 0 Å². The van der Waals surface area contributed by atoms with Crippen LogP contribution < -0.4 is 0 Å². The van der Waals surface area contributed by atoms with Crippen LogP contribution in [0.2, 0.25) is 0 Å². The van der Waals surface area contributed by atoms with E-state index in [4.69, 9.17) is 0 Å². The van der Waals surface area contributed by atoms with Gasteiger partial charge in [0, 0.05) is 32.7 Å². The van der Waals surface area contributed by atoms with Crippen LogP contribution in [0.4, 0.5) is 0 Å². The lowest BCUT2D eigenvalue weighted by molar-refractivity contribution is 0.106. The molecule has 1 aliphatic heterocycles. The van der Waals surface area contributed by atoms with Crippen molar-refractivity contribution in [2.24, 2.45) is 0 Å². The Bertz CT molecular complexity index is 438. The summed E-state index contributed by atoms with van der Waals surface area (Å²) in [6.45, 7) is 9.47. The molecular formula is C17H25N3. The molecule has 1 unspecified atom stereocenters. The molecule has 0 aliphatic carbocycles. The molecule has 0 saturated carbocycles. The van der Waals surface area contributed by atoms with Crippen LogP contribution in [0.1, 0.15) is 30.9 Å². The fourth-order valence-electron chi connectivity index (χ4n) is 2.79. The number of hydrogen-bond acceptors (Lipinski definition) is 3. The summed E-state index contributed by atoms with van der Waals surface area (Å²) in [4.78, 5) is 4.83. The van der Waals surface area contributed by atoms with Crippen LogP contribution in [0.5, 0.6) is 0 Å². The molecule has 1 aromatic rings. The van der Waals surface area contributed by atoms with Crippen molar-refractivity contribution in [3.8, 4) is 6.07 Å². The molecule has 3 heteroatoms. The molecule has 1 saturated heterocycles. The van der Waals surface area contributed by atoms with Crippen molar-refractivity contribution in [1.82, 2.24) is 9.80 Å². The van der Waals surface area contributed by atoms with Gasteiger partial charge in [-0.2, -0.15) is 5.26 Å². The highest BCUT2D eigenvalue weighted by Crippen LogP contribution is 2.13. The molecule has 1 atom stereocenters. The normalized spacial score (nSPS) is 18.6. The molecular weight excluding hydrogens is 246 g/mol. The molecule has 2 rings (SSSR count). The molecule has 0 amide bonds. The van der Waals surface area contributed by atoms with Crippen molar-refractivity contribution in [3.63, 3.8) is 0 Å². The summed E-state index contributed by atoms with van der Waals surface area (Å²) in [5.41, 5.74) is 2.70. The number of nitriles is 1. The number of benzene rings is 1. The zero-order valence-electron chi connectivity index (χ0n) is 12.7. The van der Waals surface area contributed by atoms with Gasteiger partial charge >= 0.3 is 0 Å². The topological polar surface area (TPSA) is 30.3 Å². The van der Waals surface area contributed by atoms with Gasteiger partial charge in [0.05, 0.1) is 12.1 Å². The van der Waals surface area contributed by atoms with Crippen LogP contribution in [0.25, 0.3) is 0 Å². The van der Waals surface area contributed by atoms with Crippen LogP contribution in [0.15, 0.2) is 24.3 Å². The van der Waals surface area contributed by atoms with Crippen LogP contribution in [-0.4, -0.2) is 42.0 Å². The third-order valence-corrected chi connectivity index (χ3v) is 4.09. The maximum atomic E-state index is 9.23. The number of piperazine rings is 1. The van der Waals surface area contributed by atoms with Gasteiger partial charge in [-0.15, -0.1) is 0 Å². The third-order valence-electron chi connectivity index (χ3n) is 4.09. The molecule has 108 valence electrons. The minimum Gasteiger partial charge on any atom is -0.297 e. The van der Waals surface area contributed by atoms with Gasteiger partial charge in [-0.05, 0) is 18.9 Å². The van der Waals surface area contributed by atoms with Gasteiger partial charge in [0.25, 0.3) is 0 Å². The van der Waals surface area contributed by atoms with E-state index in [0.717, 1.165) is 45.6 Å². The monoisotopic (exact) mass is 271 g/mol. The number of rotatable bonds is 5. The van der Waals surface area contributed by atoms with E-state index in [1.165, 1.54) is 11.1 Å². The van der Waals surface area contributed by atoms with E-state index in [9.17, 15) is 5.26 Å². The van der Waals surface area contributed by atoms with E-state index in [1.807, 2.05) is 0 Å². The molecule has 1 aromatic carbocycles. The van der Waals surface area contributed by atoms with E-state index in [0.29, 0.717) is 0 Å². The lowest BCUT2D eigenvalue weighted by atomic mass is 10.1. The molecule has 0 aromatic heterocycles. The zero-order chi connectivity index (χ0) is 14.4. The summed E-state index contributed by atoms with van der Waals surface area (Å²) in [5, 5.41) is 9.23. The van der Waals surface area contributed by atoms with Crippen molar-refractivity contribution >= 4 is 0 Å². The van der Waals surface area contributed by atoms with Crippen molar-refractivity contribution < 1.29 is 0 Å². The molecule has 1 fully saturated rings. The first-order valence-electron chi connectivity index (χ1n) is 7.64. The van der Waals surface area contributed by atoms with Gasteiger partial charge in [-0.1, -0.05) is 43.2 Å². The first-order valence-corrected chi connectivity index (χ1v) is 7.64. The highest BCUT2D eigenvalue weighted by molar-refractivity contribution is 5.21. The molecule has 0 radical (unpaired) electrons. The predicted octanol–water partition coefficient (Wildman–Crippen LogP) is 2.80. The Labute approximate surface area is 122 Å². The average Bonchev–Trinajstić information content (AvgIpc) is 2.48. The van der Waals surface area contributed by atoms with Crippen molar-refractivity contribution in [2.45, 2.75) is 39.3 Å². The molecule has 20 heavy (non-hydrogen) atoms. The summed E-state index contributed by atoms with van der Waals surface area (Å²) in [7, 11) is 0. The molecule has 0 N–H and O–H groups in total. The highest BCUT2D eigenvalue weighted by Gasteiger charge is 2.22. The largest absolute Gasteiger partial charge is 0.297 e. The van der Waals surface area contributed by atoms with Crippen molar-refractivity contribution in [1.29, 1.82) is 5.26 Å². The molecule has 0 spiro atoms. The molecule has 1 aliphatic rings. The lowest BCUT2D eigenvalue weighted by Gasteiger charge is -2.36. The Morgan fingerprint density at radius 2 is 1.80 bits per heavy atom. The third kappa shape index (κ3) is 4.06.